The number of carbonyl (C=O) groups is 2. The van der Waals surface area contributed by atoms with Crippen LogP contribution in [0.3, 0.4) is 0 Å². The third-order valence-corrected chi connectivity index (χ3v) is 5.97. The lowest BCUT2D eigenvalue weighted by Gasteiger charge is -2.37. The molecule has 1 saturated heterocycles. The highest BCUT2D eigenvalue weighted by molar-refractivity contribution is 6.06. The summed E-state index contributed by atoms with van der Waals surface area (Å²) < 4.78 is 0. The molecule has 5 aliphatic rings. The molecule has 4 aliphatic carbocycles. The van der Waals surface area contributed by atoms with Gasteiger partial charge in [-0.1, -0.05) is 12.2 Å². The lowest BCUT2D eigenvalue weighted by atomic mass is 9.63. The summed E-state index contributed by atoms with van der Waals surface area (Å²) in [4.78, 5) is 25.4. The van der Waals surface area contributed by atoms with Crippen molar-refractivity contribution < 1.29 is 19.8 Å². The molecule has 2 bridgehead atoms. The van der Waals surface area contributed by atoms with Gasteiger partial charge in [0.2, 0.25) is 0 Å². The number of phenolic OH excluding ortho intramolecular Hbond substituents is 2. The first-order valence-corrected chi connectivity index (χ1v) is 8.18. The van der Waals surface area contributed by atoms with Crippen LogP contribution in [-0.2, 0) is 9.59 Å². The van der Waals surface area contributed by atoms with E-state index in [1.54, 1.807) is 0 Å². The van der Waals surface area contributed by atoms with Gasteiger partial charge in [-0.3, -0.25) is 9.59 Å². The zero-order chi connectivity index (χ0) is 16.6. The number of allylic oxidation sites excluding steroid dienone is 2. The summed E-state index contributed by atoms with van der Waals surface area (Å²) in [6, 6.07) is 4.07. The minimum absolute atomic E-state index is 0.0640. The SMILES string of the molecule is O=C1[C@@H]2[C@@H]3C=C[C@H]([C@H]4C[C@@H]34)[C@@H]2C(=O)N1/N=C\c1ccc(O)cc1O. The van der Waals surface area contributed by atoms with Gasteiger partial charge < -0.3 is 10.2 Å². The lowest BCUT2D eigenvalue weighted by molar-refractivity contribution is -0.140. The monoisotopic (exact) mass is 324 g/mol. The Morgan fingerprint density at radius 2 is 1.67 bits per heavy atom. The number of imide groups is 1. The largest absolute Gasteiger partial charge is 0.508 e. The molecule has 2 amide bonds. The molecule has 0 spiro atoms. The Labute approximate surface area is 138 Å². The highest BCUT2D eigenvalue weighted by Gasteiger charge is 2.67. The molecular weight excluding hydrogens is 308 g/mol. The van der Waals surface area contributed by atoms with Crippen molar-refractivity contribution in [1.29, 1.82) is 0 Å². The van der Waals surface area contributed by atoms with Crippen molar-refractivity contribution in [3.05, 3.63) is 35.9 Å². The van der Waals surface area contributed by atoms with Gasteiger partial charge in [0.15, 0.2) is 0 Å². The van der Waals surface area contributed by atoms with Crippen molar-refractivity contribution >= 4 is 18.0 Å². The van der Waals surface area contributed by atoms with Gasteiger partial charge in [-0.25, -0.2) is 0 Å². The molecule has 6 atom stereocenters. The summed E-state index contributed by atoms with van der Waals surface area (Å²) in [5.74, 6) is 0.222. The zero-order valence-electron chi connectivity index (χ0n) is 12.7. The minimum atomic E-state index is -0.276. The molecule has 122 valence electrons. The van der Waals surface area contributed by atoms with Crippen LogP contribution in [0.5, 0.6) is 11.5 Å². The second-order valence-electron chi connectivity index (χ2n) is 7.13. The molecule has 2 saturated carbocycles. The molecule has 0 radical (unpaired) electrons. The number of aromatic hydroxyl groups is 2. The molecule has 6 heteroatoms. The highest BCUT2D eigenvalue weighted by atomic mass is 16.3. The Morgan fingerprint density at radius 1 is 1.04 bits per heavy atom. The number of hydrazone groups is 1. The number of phenols is 2. The zero-order valence-corrected chi connectivity index (χ0v) is 12.7. The quantitative estimate of drug-likeness (QED) is 0.490. The molecule has 24 heavy (non-hydrogen) atoms. The van der Waals surface area contributed by atoms with Gasteiger partial charge in [-0.2, -0.15) is 10.1 Å². The van der Waals surface area contributed by atoms with Crippen LogP contribution in [0, 0.1) is 35.5 Å². The Kier molecular flexibility index (Phi) is 2.56. The fraction of sp³-hybridized carbons (Fsp3) is 0.389. The molecule has 6 rings (SSSR count). The van der Waals surface area contributed by atoms with Crippen LogP contribution in [-0.4, -0.2) is 33.3 Å². The molecule has 0 unspecified atom stereocenters. The third kappa shape index (κ3) is 1.68. The maximum Gasteiger partial charge on any atom is 0.254 e. The molecule has 1 aliphatic heterocycles. The van der Waals surface area contributed by atoms with E-state index in [1.165, 1.54) is 24.4 Å². The second-order valence-corrected chi connectivity index (χ2v) is 7.13. The normalized spacial score (nSPS) is 38.8. The van der Waals surface area contributed by atoms with E-state index in [9.17, 15) is 19.8 Å². The van der Waals surface area contributed by atoms with E-state index in [0.29, 0.717) is 17.4 Å². The van der Waals surface area contributed by atoms with E-state index < -0.39 is 0 Å². The summed E-state index contributed by atoms with van der Waals surface area (Å²) in [5, 5.41) is 24.1. The first-order valence-electron chi connectivity index (χ1n) is 8.18. The molecule has 0 aromatic heterocycles. The maximum absolute atomic E-state index is 12.7. The molecule has 3 fully saturated rings. The van der Waals surface area contributed by atoms with Gasteiger partial charge in [-0.05, 0) is 42.2 Å². The smallest absolute Gasteiger partial charge is 0.254 e. The molecule has 2 N–H and O–H groups in total. The van der Waals surface area contributed by atoms with E-state index in [4.69, 9.17) is 0 Å². The van der Waals surface area contributed by atoms with Crippen molar-refractivity contribution in [2.24, 2.45) is 40.6 Å². The Bertz CT molecular complexity index is 794. The van der Waals surface area contributed by atoms with Gasteiger partial charge in [0.05, 0.1) is 18.1 Å². The summed E-state index contributed by atoms with van der Waals surface area (Å²) in [7, 11) is 0. The van der Waals surface area contributed by atoms with Crippen molar-refractivity contribution in [1.82, 2.24) is 5.01 Å². The van der Waals surface area contributed by atoms with E-state index in [1.807, 2.05) is 0 Å². The van der Waals surface area contributed by atoms with Crippen molar-refractivity contribution in [2.45, 2.75) is 6.42 Å². The van der Waals surface area contributed by atoms with Gasteiger partial charge in [0, 0.05) is 11.6 Å². The van der Waals surface area contributed by atoms with Crippen LogP contribution in [0.25, 0.3) is 0 Å². The van der Waals surface area contributed by atoms with E-state index in [2.05, 4.69) is 17.3 Å². The molecule has 1 heterocycles. The third-order valence-electron chi connectivity index (χ3n) is 5.97. The summed E-state index contributed by atoms with van der Waals surface area (Å²) >= 11 is 0. The number of hydrogen-bond donors (Lipinski definition) is 2. The van der Waals surface area contributed by atoms with E-state index in [-0.39, 0.29) is 47.0 Å². The average Bonchev–Trinajstić information content (AvgIpc) is 3.33. The molecular formula is C18H16N2O4. The minimum Gasteiger partial charge on any atom is -0.508 e. The fourth-order valence-electron chi connectivity index (χ4n) is 4.82. The van der Waals surface area contributed by atoms with Gasteiger partial charge in [0.1, 0.15) is 11.5 Å². The van der Waals surface area contributed by atoms with Crippen LogP contribution >= 0.6 is 0 Å². The number of rotatable bonds is 2. The number of carbonyl (C=O) groups excluding carboxylic acids is 2. The first kappa shape index (κ1) is 13.8. The first-order chi connectivity index (χ1) is 11.6. The number of hydrogen-bond acceptors (Lipinski definition) is 5. The van der Waals surface area contributed by atoms with E-state index in [0.717, 1.165) is 11.4 Å². The van der Waals surface area contributed by atoms with Gasteiger partial charge in [0.25, 0.3) is 11.8 Å². The van der Waals surface area contributed by atoms with Gasteiger partial charge in [-0.15, -0.1) is 0 Å². The Morgan fingerprint density at radius 3 is 2.25 bits per heavy atom. The summed E-state index contributed by atoms with van der Waals surface area (Å²) in [6.45, 7) is 0. The summed E-state index contributed by atoms with van der Waals surface area (Å²) in [5.41, 5.74) is 0.340. The maximum atomic E-state index is 12.7. The summed E-state index contributed by atoms with van der Waals surface area (Å²) in [6.07, 6.45) is 6.65. The Balaban J connectivity index is 1.45. The van der Waals surface area contributed by atoms with Crippen LogP contribution in [0.15, 0.2) is 35.5 Å². The van der Waals surface area contributed by atoms with Crippen LogP contribution < -0.4 is 0 Å². The second kappa shape index (κ2) is 4.47. The topological polar surface area (TPSA) is 90.2 Å². The van der Waals surface area contributed by atoms with Gasteiger partial charge >= 0.3 is 0 Å². The Hall–Kier alpha value is -2.63. The standard InChI is InChI=1S/C18H16N2O4/c21-9-2-1-8(14(22)5-9)7-19-20-17(23)15-10-3-4-11(13-6-12(10)13)16(15)18(20)24/h1-5,7,10-13,15-16,21-22H,6H2/b19-7-/t10-,11-,12-,13+,15+,16-/m1/s1. The fourth-order valence-corrected chi connectivity index (χ4v) is 4.82. The van der Waals surface area contributed by atoms with Crippen molar-refractivity contribution in [3.8, 4) is 11.5 Å². The lowest BCUT2D eigenvalue weighted by Crippen LogP contribution is -2.40. The molecule has 6 nitrogen and oxygen atoms in total. The van der Waals surface area contributed by atoms with E-state index >= 15 is 0 Å². The number of nitrogens with zero attached hydrogens (tertiary/aromatic N) is 2. The number of amides is 2. The highest BCUT2D eigenvalue weighted by Crippen LogP contribution is 2.65. The molecule has 1 aromatic rings. The average molecular weight is 324 g/mol. The van der Waals surface area contributed by atoms with Crippen LogP contribution in [0.4, 0.5) is 0 Å². The van der Waals surface area contributed by atoms with Crippen LogP contribution in [0.2, 0.25) is 0 Å². The van der Waals surface area contributed by atoms with Crippen LogP contribution in [0.1, 0.15) is 12.0 Å². The number of benzene rings is 1. The molecule has 1 aromatic carbocycles. The predicted octanol–water partition coefficient (Wildman–Crippen LogP) is 1.48. The van der Waals surface area contributed by atoms with Crippen molar-refractivity contribution in [3.63, 3.8) is 0 Å². The predicted molar refractivity (Wildman–Crippen MR) is 83.9 cm³/mol. The van der Waals surface area contributed by atoms with Crippen molar-refractivity contribution in [2.75, 3.05) is 0 Å².